The maximum atomic E-state index is 3.88. The number of hydrogen-bond acceptors (Lipinski definition) is 2. The van der Waals surface area contributed by atoms with Crippen LogP contribution in [0, 0.1) is 17.3 Å². The summed E-state index contributed by atoms with van der Waals surface area (Å²) < 4.78 is 0. The van der Waals surface area contributed by atoms with Gasteiger partial charge in [-0.05, 0) is 89.1 Å². The highest BCUT2D eigenvalue weighted by Crippen LogP contribution is 2.35. The quantitative estimate of drug-likeness (QED) is 0.759. The lowest BCUT2D eigenvalue weighted by Gasteiger charge is -2.41. The van der Waals surface area contributed by atoms with Gasteiger partial charge in [0.1, 0.15) is 0 Å². The molecule has 0 aromatic carbocycles. The fourth-order valence-electron chi connectivity index (χ4n) is 4.49. The second kappa shape index (κ2) is 7.87. The van der Waals surface area contributed by atoms with Crippen LogP contribution in [0.25, 0.3) is 0 Å². The molecule has 0 bridgehead atoms. The van der Waals surface area contributed by atoms with Crippen LogP contribution in [0.3, 0.4) is 0 Å². The van der Waals surface area contributed by atoms with E-state index < -0.39 is 0 Å². The fraction of sp³-hybridized carbons (Fsp3) is 1.00. The van der Waals surface area contributed by atoms with Crippen LogP contribution in [0.1, 0.15) is 86.5 Å². The van der Waals surface area contributed by atoms with Gasteiger partial charge < -0.3 is 10.2 Å². The van der Waals surface area contributed by atoms with Crippen molar-refractivity contribution in [3.05, 3.63) is 0 Å². The van der Waals surface area contributed by atoms with Gasteiger partial charge in [0.05, 0.1) is 0 Å². The SMILES string of the molecule is CCC(C)(C)N[C@H]1CC[C@H](CN2CCC(C(C)(C)C)CC2)CC1. The molecular weight excluding hydrogens is 280 g/mol. The summed E-state index contributed by atoms with van der Waals surface area (Å²) in [6.07, 6.45) is 9.65. The first-order valence-electron chi connectivity index (χ1n) is 10.2. The van der Waals surface area contributed by atoms with Crippen molar-refractivity contribution in [3.63, 3.8) is 0 Å². The van der Waals surface area contributed by atoms with Crippen LogP contribution >= 0.6 is 0 Å². The van der Waals surface area contributed by atoms with Gasteiger partial charge in [-0.15, -0.1) is 0 Å². The molecule has 1 saturated heterocycles. The molecule has 0 unspecified atom stereocenters. The zero-order valence-corrected chi connectivity index (χ0v) is 16.8. The first-order valence-corrected chi connectivity index (χ1v) is 10.2. The summed E-state index contributed by atoms with van der Waals surface area (Å²) in [6, 6.07) is 0.757. The Bertz CT molecular complexity index is 339. The van der Waals surface area contributed by atoms with Crippen LogP contribution in [-0.4, -0.2) is 36.1 Å². The average molecular weight is 323 g/mol. The second-order valence-corrected chi connectivity index (χ2v) is 10.0. The monoisotopic (exact) mass is 322 g/mol. The molecule has 1 aliphatic carbocycles. The van der Waals surface area contributed by atoms with Gasteiger partial charge in [-0.1, -0.05) is 27.7 Å². The van der Waals surface area contributed by atoms with Gasteiger partial charge in [0.15, 0.2) is 0 Å². The number of piperidine rings is 1. The molecule has 23 heavy (non-hydrogen) atoms. The predicted octanol–water partition coefficient (Wildman–Crippen LogP) is 5.08. The lowest BCUT2D eigenvalue weighted by Crippen LogP contribution is -2.47. The second-order valence-electron chi connectivity index (χ2n) is 10.0. The van der Waals surface area contributed by atoms with Gasteiger partial charge in [0, 0.05) is 18.1 Å². The Kier molecular flexibility index (Phi) is 6.58. The normalized spacial score (nSPS) is 29.0. The van der Waals surface area contributed by atoms with Gasteiger partial charge >= 0.3 is 0 Å². The zero-order valence-electron chi connectivity index (χ0n) is 16.8. The molecule has 2 heteroatoms. The molecule has 0 aromatic heterocycles. The maximum Gasteiger partial charge on any atom is 0.0125 e. The van der Waals surface area contributed by atoms with Crippen molar-refractivity contribution in [2.45, 2.75) is 98.1 Å². The highest BCUT2D eigenvalue weighted by Gasteiger charge is 2.31. The van der Waals surface area contributed by atoms with Crippen LogP contribution in [-0.2, 0) is 0 Å². The molecule has 1 N–H and O–H groups in total. The summed E-state index contributed by atoms with van der Waals surface area (Å²) in [7, 11) is 0. The highest BCUT2D eigenvalue weighted by atomic mass is 15.1. The topological polar surface area (TPSA) is 15.3 Å². The summed E-state index contributed by atoms with van der Waals surface area (Å²) in [5, 5.41) is 3.88. The first-order chi connectivity index (χ1) is 10.7. The van der Waals surface area contributed by atoms with E-state index in [4.69, 9.17) is 0 Å². The molecule has 0 aromatic rings. The number of hydrogen-bond donors (Lipinski definition) is 1. The highest BCUT2D eigenvalue weighted by molar-refractivity contribution is 4.87. The van der Waals surface area contributed by atoms with E-state index in [-0.39, 0.29) is 0 Å². The minimum atomic E-state index is 0.312. The van der Waals surface area contributed by atoms with Crippen molar-refractivity contribution in [1.82, 2.24) is 10.2 Å². The van der Waals surface area contributed by atoms with Crippen LogP contribution in [0.5, 0.6) is 0 Å². The van der Waals surface area contributed by atoms with E-state index in [0.717, 1.165) is 17.9 Å². The van der Waals surface area contributed by atoms with Gasteiger partial charge in [-0.3, -0.25) is 0 Å². The van der Waals surface area contributed by atoms with Crippen molar-refractivity contribution < 1.29 is 0 Å². The van der Waals surface area contributed by atoms with Gasteiger partial charge in [0.2, 0.25) is 0 Å². The summed E-state index contributed by atoms with van der Waals surface area (Å²) in [5.74, 6) is 1.87. The molecule has 1 saturated carbocycles. The number of nitrogens with one attached hydrogen (secondary N) is 1. The van der Waals surface area contributed by atoms with E-state index in [1.54, 1.807) is 0 Å². The predicted molar refractivity (Wildman–Crippen MR) is 102 cm³/mol. The van der Waals surface area contributed by atoms with Crippen LogP contribution in [0.2, 0.25) is 0 Å². The Labute approximate surface area is 145 Å². The number of rotatable bonds is 5. The third-order valence-corrected chi connectivity index (χ3v) is 6.65. The Balaban J connectivity index is 1.67. The third-order valence-electron chi connectivity index (χ3n) is 6.65. The minimum absolute atomic E-state index is 0.312. The summed E-state index contributed by atoms with van der Waals surface area (Å²) in [6.45, 7) is 18.3. The van der Waals surface area contributed by atoms with E-state index in [0.29, 0.717) is 11.0 Å². The van der Waals surface area contributed by atoms with Gasteiger partial charge in [-0.25, -0.2) is 0 Å². The van der Waals surface area contributed by atoms with Crippen LogP contribution < -0.4 is 5.32 Å². The van der Waals surface area contributed by atoms with E-state index in [9.17, 15) is 0 Å². The fourth-order valence-corrected chi connectivity index (χ4v) is 4.49. The van der Waals surface area contributed by atoms with Crippen molar-refractivity contribution in [2.75, 3.05) is 19.6 Å². The Morgan fingerprint density at radius 2 is 1.43 bits per heavy atom. The lowest BCUT2D eigenvalue weighted by atomic mass is 9.75. The molecular formula is C21H42N2. The van der Waals surface area contributed by atoms with E-state index in [2.05, 4.69) is 51.8 Å². The molecule has 0 spiro atoms. The molecule has 0 amide bonds. The van der Waals surface area contributed by atoms with Crippen molar-refractivity contribution in [1.29, 1.82) is 0 Å². The average Bonchev–Trinajstić information content (AvgIpc) is 2.49. The summed E-state index contributed by atoms with van der Waals surface area (Å²) in [5.41, 5.74) is 0.814. The molecule has 0 atom stereocenters. The zero-order chi connectivity index (χ0) is 17.1. The molecule has 2 aliphatic rings. The maximum absolute atomic E-state index is 3.88. The molecule has 0 radical (unpaired) electrons. The minimum Gasteiger partial charge on any atom is -0.309 e. The van der Waals surface area contributed by atoms with Crippen molar-refractivity contribution >= 4 is 0 Å². The molecule has 1 heterocycles. The molecule has 2 fully saturated rings. The van der Waals surface area contributed by atoms with Crippen LogP contribution in [0.15, 0.2) is 0 Å². The van der Waals surface area contributed by atoms with Crippen molar-refractivity contribution in [3.8, 4) is 0 Å². The van der Waals surface area contributed by atoms with E-state index in [1.165, 1.54) is 64.6 Å². The third kappa shape index (κ3) is 6.05. The number of nitrogens with zero attached hydrogens (tertiary/aromatic N) is 1. The standard InChI is InChI=1S/C21H42N2/c1-7-21(5,6)22-19-10-8-17(9-11-19)16-23-14-12-18(13-15-23)20(2,3)4/h17-19,22H,7-16H2,1-6H3/t17-,19-. The Morgan fingerprint density at radius 1 is 0.870 bits per heavy atom. The summed E-state index contributed by atoms with van der Waals surface area (Å²) >= 11 is 0. The lowest BCUT2D eigenvalue weighted by molar-refractivity contribution is 0.0915. The molecule has 1 aliphatic heterocycles. The van der Waals surface area contributed by atoms with Gasteiger partial charge in [0.25, 0.3) is 0 Å². The Morgan fingerprint density at radius 3 is 1.91 bits per heavy atom. The smallest absolute Gasteiger partial charge is 0.0125 e. The number of likely N-dealkylation sites (tertiary alicyclic amines) is 1. The molecule has 2 rings (SSSR count). The summed E-state index contributed by atoms with van der Waals surface area (Å²) in [4.78, 5) is 2.76. The van der Waals surface area contributed by atoms with Gasteiger partial charge in [-0.2, -0.15) is 0 Å². The van der Waals surface area contributed by atoms with Crippen LogP contribution in [0.4, 0.5) is 0 Å². The van der Waals surface area contributed by atoms with E-state index in [1.807, 2.05) is 0 Å². The largest absolute Gasteiger partial charge is 0.309 e. The first kappa shape index (κ1) is 19.2. The molecule has 2 nitrogen and oxygen atoms in total. The Hall–Kier alpha value is -0.0800. The molecule has 136 valence electrons. The van der Waals surface area contributed by atoms with Crippen molar-refractivity contribution in [2.24, 2.45) is 17.3 Å². The van der Waals surface area contributed by atoms with E-state index >= 15 is 0 Å².